The molecule has 0 aromatic carbocycles. The van der Waals surface area contributed by atoms with Gasteiger partial charge < -0.3 is 15.5 Å². The van der Waals surface area contributed by atoms with Gasteiger partial charge in [0.1, 0.15) is 11.9 Å². The van der Waals surface area contributed by atoms with Crippen LogP contribution in [0.1, 0.15) is 34.1 Å². The fraction of sp³-hybridized carbons (Fsp3) is 0.600. The van der Waals surface area contributed by atoms with Gasteiger partial charge in [-0.1, -0.05) is 6.92 Å². The van der Waals surface area contributed by atoms with Crippen LogP contribution in [0.25, 0.3) is 0 Å². The second-order valence-electron chi connectivity index (χ2n) is 4.73. The molecule has 0 bridgehead atoms. The standard InChI is InChI=1S/C15H26N4O/c1-5-9-16-14-11-13(8-10-17-14)18-12(4)15(20)19(6-2)7-3/h8,10-12H,5-7,9H2,1-4H3,(H2,16,17,18). The zero-order valence-electron chi connectivity index (χ0n) is 12.9. The Balaban J connectivity index is 2.65. The van der Waals surface area contributed by atoms with Crippen molar-refractivity contribution in [2.24, 2.45) is 0 Å². The van der Waals surface area contributed by atoms with Crippen molar-refractivity contribution < 1.29 is 4.79 Å². The zero-order chi connectivity index (χ0) is 15.0. The Morgan fingerprint density at radius 2 is 2.05 bits per heavy atom. The lowest BCUT2D eigenvalue weighted by Gasteiger charge is -2.24. The normalized spacial score (nSPS) is 11.8. The zero-order valence-corrected chi connectivity index (χ0v) is 12.9. The molecule has 2 N–H and O–H groups in total. The van der Waals surface area contributed by atoms with Crippen LogP contribution in [0.3, 0.4) is 0 Å². The summed E-state index contributed by atoms with van der Waals surface area (Å²) in [6, 6.07) is 3.57. The van der Waals surface area contributed by atoms with Gasteiger partial charge in [0, 0.05) is 37.6 Å². The second-order valence-corrected chi connectivity index (χ2v) is 4.73. The summed E-state index contributed by atoms with van der Waals surface area (Å²) in [5.41, 5.74) is 0.909. The number of pyridine rings is 1. The van der Waals surface area contributed by atoms with E-state index in [-0.39, 0.29) is 11.9 Å². The molecule has 0 spiro atoms. The maximum atomic E-state index is 12.2. The number of likely N-dealkylation sites (N-methyl/N-ethyl adjacent to an activating group) is 1. The number of nitrogens with one attached hydrogen (secondary N) is 2. The number of amides is 1. The van der Waals surface area contributed by atoms with Crippen molar-refractivity contribution in [3.8, 4) is 0 Å². The Labute approximate surface area is 121 Å². The van der Waals surface area contributed by atoms with Gasteiger partial charge in [-0.15, -0.1) is 0 Å². The van der Waals surface area contributed by atoms with Crippen LogP contribution >= 0.6 is 0 Å². The quantitative estimate of drug-likeness (QED) is 0.767. The Morgan fingerprint density at radius 3 is 2.65 bits per heavy atom. The highest BCUT2D eigenvalue weighted by Gasteiger charge is 2.17. The molecule has 1 amide bonds. The van der Waals surface area contributed by atoms with E-state index in [9.17, 15) is 4.79 Å². The van der Waals surface area contributed by atoms with Crippen LogP contribution < -0.4 is 10.6 Å². The Hall–Kier alpha value is -1.78. The molecule has 0 aliphatic rings. The molecule has 0 saturated heterocycles. The third-order valence-electron chi connectivity index (χ3n) is 3.14. The van der Waals surface area contributed by atoms with Crippen LogP contribution in [0.15, 0.2) is 18.3 Å². The minimum atomic E-state index is -0.240. The lowest BCUT2D eigenvalue weighted by molar-refractivity contribution is -0.131. The van der Waals surface area contributed by atoms with Gasteiger partial charge in [0.05, 0.1) is 0 Å². The molecule has 1 heterocycles. The number of hydrogen-bond donors (Lipinski definition) is 2. The number of aromatic nitrogens is 1. The van der Waals surface area contributed by atoms with E-state index in [1.54, 1.807) is 6.20 Å². The van der Waals surface area contributed by atoms with Crippen LogP contribution in [0.2, 0.25) is 0 Å². The van der Waals surface area contributed by atoms with Crippen molar-refractivity contribution >= 4 is 17.4 Å². The van der Waals surface area contributed by atoms with E-state index >= 15 is 0 Å². The highest BCUT2D eigenvalue weighted by Crippen LogP contribution is 2.13. The van der Waals surface area contributed by atoms with E-state index in [1.165, 1.54) is 0 Å². The average Bonchev–Trinajstić information content (AvgIpc) is 2.46. The summed E-state index contributed by atoms with van der Waals surface area (Å²) >= 11 is 0. The number of nitrogens with zero attached hydrogens (tertiary/aromatic N) is 2. The summed E-state index contributed by atoms with van der Waals surface area (Å²) in [7, 11) is 0. The largest absolute Gasteiger partial charge is 0.374 e. The first-order valence-electron chi connectivity index (χ1n) is 7.37. The van der Waals surface area contributed by atoms with Gasteiger partial charge in [-0.3, -0.25) is 4.79 Å². The molecule has 0 aliphatic heterocycles. The summed E-state index contributed by atoms with van der Waals surface area (Å²) in [6.45, 7) is 10.4. The van der Waals surface area contributed by atoms with E-state index in [1.807, 2.05) is 37.8 Å². The van der Waals surface area contributed by atoms with Crippen molar-refractivity contribution in [2.45, 2.75) is 40.2 Å². The lowest BCUT2D eigenvalue weighted by atomic mass is 10.2. The SMILES string of the molecule is CCCNc1cc(NC(C)C(=O)N(CC)CC)ccn1. The van der Waals surface area contributed by atoms with Crippen LogP contribution in [0, 0.1) is 0 Å². The van der Waals surface area contributed by atoms with Gasteiger partial charge in [0.25, 0.3) is 0 Å². The molecule has 0 fully saturated rings. The molecule has 1 unspecified atom stereocenters. The molecule has 1 aromatic rings. The first-order valence-corrected chi connectivity index (χ1v) is 7.37. The van der Waals surface area contributed by atoms with Crippen LogP contribution in [0.5, 0.6) is 0 Å². The highest BCUT2D eigenvalue weighted by atomic mass is 16.2. The molecular weight excluding hydrogens is 252 g/mol. The number of anilines is 2. The van der Waals surface area contributed by atoms with Crippen molar-refractivity contribution in [3.63, 3.8) is 0 Å². The molecule has 1 rings (SSSR count). The number of rotatable bonds is 8. The first kappa shape index (κ1) is 16.3. The second kappa shape index (κ2) is 8.40. The van der Waals surface area contributed by atoms with Crippen molar-refractivity contribution in [1.29, 1.82) is 0 Å². The van der Waals surface area contributed by atoms with Gasteiger partial charge in [-0.2, -0.15) is 0 Å². The third-order valence-corrected chi connectivity index (χ3v) is 3.14. The highest BCUT2D eigenvalue weighted by molar-refractivity contribution is 5.84. The number of hydrogen-bond acceptors (Lipinski definition) is 4. The molecule has 0 aliphatic carbocycles. The molecule has 0 radical (unpaired) electrons. The fourth-order valence-electron chi connectivity index (χ4n) is 1.99. The van der Waals surface area contributed by atoms with Crippen LogP contribution in [0.4, 0.5) is 11.5 Å². The van der Waals surface area contributed by atoms with Crippen LogP contribution in [-0.2, 0) is 4.79 Å². The van der Waals surface area contributed by atoms with E-state index in [2.05, 4.69) is 22.5 Å². The minimum Gasteiger partial charge on any atom is -0.374 e. The van der Waals surface area contributed by atoms with Gasteiger partial charge >= 0.3 is 0 Å². The third kappa shape index (κ3) is 4.72. The molecule has 112 valence electrons. The van der Waals surface area contributed by atoms with Gasteiger partial charge in [0.15, 0.2) is 0 Å². The smallest absolute Gasteiger partial charge is 0.244 e. The molecular formula is C15H26N4O. The maximum absolute atomic E-state index is 12.2. The Kier molecular flexibility index (Phi) is 6.84. The number of carbonyl (C=O) groups excluding carboxylic acids is 1. The summed E-state index contributed by atoms with van der Waals surface area (Å²) in [4.78, 5) is 18.3. The maximum Gasteiger partial charge on any atom is 0.244 e. The molecule has 0 saturated carbocycles. The molecule has 1 atom stereocenters. The predicted octanol–water partition coefficient (Wildman–Crippen LogP) is 2.57. The van der Waals surface area contributed by atoms with Crippen molar-refractivity contribution in [1.82, 2.24) is 9.88 Å². The average molecular weight is 278 g/mol. The predicted molar refractivity (Wildman–Crippen MR) is 84.0 cm³/mol. The van der Waals surface area contributed by atoms with Crippen molar-refractivity contribution in [2.75, 3.05) is 30.3 Å². The lowest BCUT2D eigenvalue weighted by Crippen LogP contribution is -2.41. The summed E-state index contributed by atoms with van der Waals surface area (Å²) in [5.74, 6) is 0.953. The Morgan fingerprint density at radius 1 is 1.35 bits per heavy atom. The van der Waals surface area contributed by atoms with Crippen molar-refractivity contribution in [3.05, 3.63) is 18.3 Å². The summed E-state index contributed by atoms with van der Waals surface area (Å²) in [6.07, 6.45) is 2.80. The van der Waals surface area contributed by atoms with E-state index < -0.39 is 0 Å². The van der Waals surface area contributed by atoms with E-state index in [4.69, 9.17) is 0 Å². The topological polar surface area (TPSA) is 57.3 Å². The van der Waals surface area contributed by atoms with Gasteiger partial charge in [-0.25, -0.2) is 4.98 Å². The summed E-state index contributed by atoms with van der Waals surface area (Å²) < 4.78 is 0. The monoisotopic (exact) mass is 278 g/mol. The molecule has 1 aromatic heterocycles. The van der Waals surface area contributed by atoms with E-state index in [0.29, 0.717) is 0 Å². The van der Waals surface area contributed by atoms with Gasteiger partial charge in [0.2, 0.25) is 5.91 Å². The Bertz CT molecular complexity index is 418. The molecule has 5 nitrogen and oxygen atoms in total. The van der Waals surface area contributed by atoms with Crippen LogP contribution in [-0.4, -0.2) is 41.5 Å². The molecule has 20 heavy (non-hydrogen) atoms. The fourth-order valence-corrected chi connectivity index (χ4v) is 1.99. The molecule has 5 heteroatoms. The van der Waals surface area contributed by atoms with Gasteiger partial charge in [-0.05, 0) is 33.3 Å². The number of carbonyl (C=O) groups is 1. The minimum absolute atomic E-state index is 0.120. The first-order chi connectivity index (χ1) is 9.62. The van der Waals surface area contributed by atoms with E-state index in [0.717, 1.165) is 37.6 Å². The summed E-state index contributed by atoms with van der Waals surface area (Å²) in [5, 5.41) is 6.47.